The molecule has 1 amide bonds. The zero-order chi connectivity index (χ0) is 17.9. The van der Waals surface area contributed by atoms with Crippen LogP contribution in [0.1, 0.15) is 21.7 Å². The number of ether oxygens (including phenoxy) is 2. The molecule has 138 valence electrons. The number of rotatable bonds is 5. The second-order valence-corrected chi connectivity index (χ2v) is 6.78. The van der Waals surface area contributed by atoms with Crippen molar-refractivity contribution in [3.05, 3.63) is 53.7 Å². The molecule has 1 N–H and O–H groups in total. The number of fused-ring (bicyclic) bond motifs is 1. The first-order valence-electron chi connectivity index (χ1n) is 8.90. The Kier molecular flexibility index (Phi) is 5.01. The highest BCUT2D eigenvalue weighted by molar-refractivity contribution is 5.94. The van der Waals surface area contributed by atoms with Gasteiger partial charge in [-0.15, -0.1) is 0 Å². The van der Waals surface area contributed by atoms with Gasteiger partial charge in [-0.25, -0.2) is 0 Å². The number of furan rings is 1. The largest absolute Gasteiger partial charge is 0.472 e. The van der Waals surface area contributed by atoms with E-state index in [4.69, 9.17) is 13.9 Å². The van der Waals surface area contributed by atoms with Crippen LogP contribution in [0.2, 0.25) is 0 Å². The highest BCUT2D eigenvalue weighted by Crippen LogP contribution is 2.25. The molecular weight excluding hydrogens is 334 g/mol. The quantitative estimate of drug-likeness (QED) is 0.871. The third-order valence-electron chi connectivity index (χ3n) is 4.96. The first-order valence-corrected chi connectivity index (χ1v) is 8.90. The van der Waals surface area contributed by atoms with Crippen LogP contribution >= 0.6 is 0 Å². The second-order valence-electron chi connectivity index (χ2n) is 6.78. The fourth-order valence-electron chi connectivity index (χ4n) is 3.67. The van der Waals surface area contributed by atoms with E-state index in [2.05, 4.69) is 15.2 Å². The third-order valence-corrected chi connectivity index (χ3v) is 4.96. The smallest absolute Gasteiger partial charge is 0.254 e. The normalized spacial score (nSPS) is 25.8. The van der Waals surface area contributed by atoms with Crippen molar-refractivity contribution in [2.24, 2.45) is 0 Å². The lowest BCUT2D eigenvalue weighted by molar-refractivity contribution is -0.0538. The summed E-state index contributed by atoms with van der Waals surface area (Å²) in [5, 5.41) is 3.09. The molecule has 2 saturated heterocycles. The van der Waals surface area contributed by atoms with Crippen LogP contribution in [0.3, 0.4) is 0 Å². The summed E-state index contributed by atoms with van der Waals surface area (Å²) in [7, 11) is 0. The minimum Gasteiger partial charge on any atom is -0.472 e. The van der Waals surface area contributed by atoms with Gasteiger partial charge >= 0.3 is 0 Å². The summed E-state index contributed by atoms with van der Waals surface area (Å²) in [4.78, 5) is 19.3. The maximum atomic E-state index is 12.4. The van der Waals surface area contributed by atoms with Gasteiger partial charge in [-0.2, -0.15) is 0 Å². The van der Waals surface area contributed by atoms with Crippen molar-refractivity contribution in [3.8, 4) is 0 Å². The van der Waals surface area contributed by atoms with Gasteiger partial charge in [0, 0.05) is 18.8 Å². The minimum absolute atomic E-state index is 0.103. The highest BCUT2D eigenvalue weighted by Gasteiger charge is 2.44. The van der Waals surface area contributed by atoms with Crippen LogP contribution in [0.4, 0.5) is 0 Å². The molecule has 7 heteroatoms. The molecule has 2 aromatic heterocycles. The number of pyridine rings is 1. The maximum absolute atomic E-state index is 12.4. The van der Waals surface area contributed by atoms with Crippen molar-refractivity contribution < 1.29 is 18.7 Å². The highest BCUT2D eigenvalue weighted by atomic mass is 16.5. The van der Waals surface area contributed by atoms with Crippen LogP contribution in [-0.2, 0) is 16.1 Å². The number of nitrogens with zero attached hydrogens (tertiary/aromatic N) is 2. The molecule has 0 spiro atoms. The maximum Gasteiger partial charge on any atom is 0.254 e. The standard InChI is InChI=1S/C19H23N3O4/c1-13-3-2-4-15(20-13)11-26-18-16(9-22-6-8-25-12-17(18)22)21-19(23)14-5-7-24-10-14/h2-5,7,10,16-18H,6,8-9,11-12H2,1H3,(H,21,23)/t16-,17-,18+/m0/s1. The van der Waals surface area contributed by atoms with Crippen molar-refractivity contribution >= 4 is 5.91 Å². The Morgan fingerprint density at radius 1 is 1.42 bits per heavy atom. The van der Waals surface area contributed by atoms with E-state index in [-0.39, 0.29) is 24.1 Å². The van der Waals surface area contributed by atoms with E-state index in [1.807, 2.05) is 25.1 Å². The minimum atomic E-state index is -0.146. The number of hydrogen-bond acceptors (Lipinski definition) is 6. The lowest BCUT2D eigenvalue weighted by Gasteiger charge is -2.32. The van der Waals surface area contributed by atoms with Gasteiger partial charge in [0.05, 0.1) is 55.5 Å². The van der Waals surface area contributed by atoms with E-state index >= 15 is 0 Å². The molecule has 2 aliphatic rings. The first kappa shape index (κ1) is 17.2. The number of morpholine rings is 1. The molecule has 4 rings (SSSR count). The van der Waals surface area contributed by atoms with Crippen molar-refractivity contribution in [1.29, 1.82) is 0 Å². The number of carbonyl (C=O) groups is 1. The van der Waals surface area contributed by atoms with Crippen molar-refractivity contribution in [2.75, 3.05) is 26.3 Å². The van der Waals surface area contributed by atoms with E-state index < -0.39 is 0 Å². The van der Waals surface area contributed by atoms with Gasteiger partial charge in [0.2, 0.25) is 0 Å². The number of aromatic nitrogens is 1. The monoisotopic (exact) mass is 357 g/mol. The number of nitrogens with one attached hydrogen (secondary N) is 1. The molecule has 0 unspecified atom stereocenters. The molecule has 0 aliphatic carbocycles. The molecule has 4 heterocycles. The van der Waals surface area contributed by atoms with Crippen LogP contribution in [0.15, 0.2) is 41.2 Å². The molecule has 2 aromatic rings. The summed E-state index contributed by atoms with van der Waals surface area (Å²) in [5.74, 6) is -0.146. The van der Waals surface area contributed by atoms with Crippen LogP contribution < -0.4 is 5.32 Å². The van der Waals surface area contributed by atoms with Crippen molar-refractivity contribution in [3.63, 3.8) is 0 Å². The van der Waals surface area contributed by atoms with Crippen LogP contribution in [0, 0.1) is 6.92 Å². The lowest BCUT2D eigenvalue weighted by atomic mass is 10.1. The summed E-state index contributed by atoms with van der Waals surface area (Å²) >= 11 is 0. The number of hydrogen-bond donors (Lipinski definition) is 1. The fourth-order valence-corrected chi connectivity index (χ4v) is 3.67. The number of carbonyl (C=O) groups excluding carboxylic acids is 1. The van der Waals surface area contributed by atoms with Gasteiger partial charge in [-0.3, -0.25) is 14.7 Å². The molecule has 2 fully saturated rings. The SMILES string of the molecule is Cc1cccc(CO[C@@H]2[C@@H](NC(=O)c3ccoc3)CN3CCOC[C@@H]23)n1. The Hall–Kier alpha value is -2.22. The fraction of sp³-hybridized carbons (Fsp3) is 0.474. The molecule has 3 atom stereocenters. The second kappa shape index (κ2) is 7.57. The topological polar surface area (TPSA) is 76.8 Å². The summed E-state index contributed by atoms with van der Waals surface area (Å²) in [6.45, 7) is 5.31. The number of amides is 1. The average Bonchev–Trinajstić information content (AvgIpc) is 3.28. The summed E-state index contributed by atoms with van der Waals surface area (Å²) in [6, 6.07) is 7.59. The van der Waals surface area contributed by atoms with E-state index in [1.165, 1.54) is 12.5 Å². The molecule has 0 bridgehead atoms. The molecule has 0 radical (unpaired) electrons. The Morgan fingerprint density at radius 2 is 2.35 bits per heavy atom. The average molecular weight is 357 g/mol. The summed E-state index contributed by atoms with van der Waals surface area (Å²) in [6.07, 6.45) is 2.80. The Bertz CT molecular complexity index is 749. The van der Waals surface area contributed by atoms with Gasteiger partial charge in [-0.1, -0.05) is 6.07 Å². The Labute approximate surface area is 152 Å². The third kappa shape index (κ3) is 3.65. The van der Waals surface area contributed by atoms with Crippen molar-refractivity contribution in [2.45, 2.75) is 31.7 Å². The zero-order valence-electron chi connectivity index (χ0n) is 14.8. The van der Waals surface area contributed by atoms with E-state index in [1.54, 1.807) is 6.07 Å². The van der Waals surface area contributed by atoms with E-state index in [0.717, 1.165) is 24.5 Å². The molecule has 0 saturated carbocycles. The van der Waals surface area contributed by atoms with E-state index in [0.29, 0.717) is 25.4 Å². The molecular formula is C19H23N3O4. The van der Waals surface area contributed by atoms with Gasteiger partial charge in [0.25, 0.3) is 5.91 Å². The van der Waals surface area contributed by atoms with Gasteiger partial charge in [0.15, 0.2) is 0 Å². The molecule has 26 heavy (non-hydrogen) atoms. The molecule has 2 aliphatic heterocycles. The molecule has 0 aromatic carbocycles. The number of aryl methyl sites for hydroxylation is 1. The van der Waals surface area contributed by atoms with Gasteiger partial charge < -0.3 is 19.2 Å². The van der Waals surface area contributed by atoms with Crippen molar-refractivity contribution in [1.82, 2.24) is 15.2 Å². The van der Waals surface area contributed by atoms with E-state index in [9.17, 15) is 4.79 Å². The van der Waals surface area contributed by atoms with Crippen LogP contribution in [0.25, 0.3) is 0 Å². The summed E-state index contributed by atoms with van der Waals surface area (Å²) < 4.78 is 16.9. The summed E-state index contributed by atoms with van der Waals surface area (Å²) in [5.41, 5.74) is 2.37. The predicted molar refractivity (Wildman–Crippen MR) is 93.7 cm³/mol. The lowest BCUT2D eigenvalue weighted by Crippen LogP contribution is -2.48. The van der Waals surface area contributed by atoms with Gasteiger partial charge in [-0.05, 0) is 25.1 Å². The Balaban J connectivity index is 1.46. The van der Waals surface area contributed by atoms with Gasteiger partial charge in [0.1, 0.15) is 6.26 Å². The first-order chi connectivity index (χ1) is 12.7. The van der Waals surface area contributed by atoms with Crippen LogP contribution in [-0.4, -0.2) is 60.3 Å². The van der Waals surface area contributed by atoms with Crippen LogP contribution in [0.5, 0.6) is 0 Å². The zero-order valence-corrected chi connectivity index (χ0v) is 14.8. The Morgan fingerprint density at radius 3 is 3.15 bits per heavy atom. The molecule has 7 nitrogen and oxygen atoms in total. The predicted octanol–water partition coefficient (Wildman–Crippen LogP) is 1.38.